The van der Waals surface area contributed by atoms with Crippen molar-refractivity contribution in [2.45, 2.75) is 6.92 Å². The number of halogens is 2. The van der Waals surface area contributed by atoms with Gasteiger partial charge in [0.15, 0.2) is 5.82 Å². The second-order valence-corrected chi connectivity index (χ2v) is 5.46. The predicted octanol–water partition coefficient (Wildman–Crippen LogP) is 3.56. The van der Waals surface area contributed by atoms with Gasteiger partial charge < -0.3 is 5.32 Å². The Morgan fingerprint density at radius 2 is 2.25 bits per heavy atom. The summed E-state index contributed by atoms with van der Waals surface area (Å²) in [6, 6.07) is 1.93. The summed E-state index contributed by atoms with van der Waals surface area (Å²) in [5, 5.41) is 3.94. The minimum absolute atomic E-state index is 0.639. The maximum atomic E-state index is 4.35. The number of hydrogen-bond donors (Lipinski definition) is 1. The highest BCUT2D eigenvalue weighted by Gasteiger charge is 2.11. The van der Waals surface area contributed by atoms with Crippen LogP contribution in [-0.4, -0.2) is 20.9 Å². The van der Waals surface area contributed by atoms with Crippen LogP contribution in [-0.2, 0) is 0 Å². The fourth-order valence-corrected chi connectivity index (χ4v) is 2.92. The quantitative estimate of drug-likeness (QED) is 0.905. The van der Waals surface area contributed by atoms with Crippen LogP contribution in [0.4, 0.5) is 5.13 Å². The largest absolute Gasteiger partial charge is 0.361 e. The van der Waals surface area contributed by atoms with Crippen molar-refractivity contribution in [3.05, 3.63) is 21.2 Å². The molecule has 0 unspecified atom stereocenters. The zero-order chi connectivity index (χ0) is 11.5. The molecule has 0 radical (unpaired) electrons. The predicted molar refractivity (Wildman–Crippen MR) is 72.7 cm³/mol. The summed E-state index contributed by atoms with van der Waals surface area (Å²) >= 11 is 8.14. The molecule has 0 fully saturated rings. The Balaban J connectivity index is 2.35. The maximum absolute atomic E-state index is 4.35. The number of nitrogens with one attached hydrogen (secondary N) is 1. The summed E-state index contributed by atoms with van der Waals surface area (Å²) in [5.41, 5.74) is 0.753. The van der Waals surface area contributed by atoms with E-state index in [0.29, 0.717) is 5.82 Å². The molecular formula is C9H8Br2N4S. The highest BCUT2D eigenvalue weighted by molar-refractivity contribution is 9.11. The number of rotatable bonds is 3. The monoisotopic (exact) mass is 362 g/mol. The third kappa shape index (κ3) is 2.58. The number of pyridine rings is 1. The molecule has 0 aliphatic rings. The van der Waals surface area contributed by atoms with E-state index in [1.165, 1.54) is 11.5 Å². The molecule has 2 aromatic rings. The van der Waals surface area contributed by atoms with Gasteiger partial charge in [0, 0.05) is 33.2 Å². The lowest BCUT2D eigenvalue weighted by Crippen LogP contribution is -1.95. The SMILES string of the molecule is CCNc1nc(-c2ncc(Br)cc2Br)ns1. The molecule has 0 amide bonds. The molecule has 0 aliphatic heterocycles. The molecule has 2 heterocycles. The van der Waals surface area contributed by atoms with Crippen LogP contribution >= 0.6 is 43.4 Å². The van der Waals surface area contributed by atoms with E-state index >= 15 is 0 Å². The van der Waals surface area contributed by atoms with E-state index in [4.69, 9.17) is 0 Å². The minimum Gasteiger partial charge on any atom is -0.361 e. The molecule has 2 aromatic heterocycles. The molecule has 4 nitrogen and oxygen atoms in total. The second kappa shape index (κ2) is 5.20. The van der Waals surface area contributed by atoms with Gasteiger partial charge in [0.25, 0.3) is 0 Å². The van der Waals surface area contributed by atoms with Gasteiger partial charge in [-0.1, -0.05) is 0 Å². The van der Waals surface area contributed by atoms with Gasteiger partial charge in [-0.3, -0.25) is 4.98 Å². The molecule has 0 atom stereocenters. The molecule has 2 rings (SSSR count). The van der Waals surface area contributed by atoms with Crippen LogP contribution in [0.25, 0.3) is 11.5 Å². The van der Waals surface area contributed by atoms with Gasteiger partial charge in [-0.25, -0.2) is 0 Å². The Labute approximate surface area is 114 Å². The molecule has 0 saturated heterocycles. The normalized spacial score (nSPS) is 10.4. The lowest BCUT2D eigenvalue weighted by Gasteiger charge is -1.98. The van der Waals surface area contributed by atoms with Crippen LogP contribution in [0, 0.1) is 0 Å². The number of aromatic nitrogens is 3. The maximum Gasteiger partial charge on any atom is 0.202 e. The van der Waals surface area contributed by atoms with Crippen LogP contribution in [0.5, 0.6) is 0 Å². The van der Waals surface area contributed by atoms with Crippen molar-refractivity contribution in [2.75, 3.05) is 11.9 Å². The molecule has 0 spiro atoms. The molecule has 7 heteroatoms. The van der Waals surface area contributed by atoms with Gasteiger partial charge in [-0.05, 0) is 44.8 Å². The summed E-state index contributed by atoms with van der Waals surface area (Å²) in [6.07, 6.45) is 1.73. The standard InChI is InChI=1S/C9H8Br2N4S/c1-2-12-9-14-8(15-16-9)7-6(11)3-5(10)4-13-7/h3-4H,2H2,1H3,(H,12,14,15). The lowest BCUT2D eigenvalue weighted by atomic mass is 10.3. The lowest BCUT2D eigenvalue weighted by molar-refractivity contribution is 1.17. The van der Waals surface area contributed by atoms with Crippen molar-refractivity contribution in [1.29, 1.82) is 0 Å². The molecule has 0 bridgehead atoms. The first-order chi connectivity index (χ1) is 7.70. The van der Waals surface area contributed by atoms with Crippen molar-refractivity contribution >= 4 is 48.5 Å². The van der Waals surface area contributed by atoms with E-state index in [9.17, 15) is 0 Å². The topological polar surface area (TPSA) is 50.7 Å². The van der Waals surface area contributed by atoms with Crippen LogP contribution in [0.1, 0.15) is 6.92 Å². The van der Waals surface area contributed by atoms with E-state index in [-0.39, 0.29) is 0 Å². The minimum atomic E-state index is 0.639. The van der Waals surface area contributed by atoms with Gasteiger partial charge in [-0.2, -0.15) is 9.36 Å². The van der Waals surface area contributed by atoms with Gasteiger partial charge in [-0.15, -0.1) is 0 Å². The summed E-state index contributed by atoms with van der Waals surface area (Å²) in [6.45, 7) is 2.86. The van der Waals surface area contributed by atoms with Crippen molar-refractivity contribution in [3.63, 3.8) is 0 Å². The first-order valence-electron chi connectivity index (χ1n) is 4.59. The fourth-order valence-electron chi connectivity index (χ4n) is 1.12. The Morgan fingerprint density at radius 3 is 2.94 bits per heavy atom. The van der Waals surface area contributed by atoms with Crippen LogP contribution in [0.15, 0.2) is 21.2 Å². The van der Waals surface area contributed by atoms with Crippen molar-refractivity contribution in [2.24, 2.45) is 0 Å². The molecule has 84 valence electrons. The second-order valence-electron chi connectivity index (χ2n) is 2.94. The molecule has 1 N–H and O–H groups in total. The fraction of sp³-hybridized carbons (Fsp3) is 0.222. The van der Waals surface area contributed by atoms with Crippen LogP contribution in [0.2, 0.25) is 0 Å². The average molecular weight is 364 g/mol. The highest BCUT2D eigenvalue weighted by atomic mass is 79.9. The zero-order valence-corrected chi connectivity index (χ0v) is 12.4. The van der Waals surface area contributed by atoms with Crippen molar-refractivity contribution < 1.29 is 0 Å². The van der Waals surface area contributed by atoms with E-state index in [1.54, 1.807) is 6.20 Å². The number of hydrogen-bond acceptors (Lipinski definition) is 5. The van der Waals surface area contributed by atoms with Gasteiger partial charge in [0.2, 0.25) is 5.13 Å². The smallest absolute Gasteiger partial charge is 0.202 e. The summed E-state index contributed by atoms with van der Waals surface area (Å²) in [5.74, 6) is 0.639. The van der Waals surface area contributed by atoms with Gasteiger partial charge in [0.1, 0.15) is 5.69 Å². The Hall–Kier alpha value is -0.530. The average Bonchev–Trinajstić information content (AvgIpc) is 2.67. The molecular weight excluding hydrogens is 356 g/mol. The number of anilines is 1. The molecule has 0 saturated carbocycles. The molecule has 16 heavy (non-hydrogen) atoms. The summed E-state index contributed by atoms with van der Waals surface area (Å²) < 4.78 is 6.05. The van der Waals surface area contributed by atoms with Crippen molar-refractivity contribution in [1.82, 2.24) is 14.3 Å². The van der Waals surface area contributed by atoms with E-state index in [2.05, 4.69) is 51.5 Å². The Bertz CT molecular complexity index is 500. The van der Waals surface area contributed by atoms with E-state index in [0.717, 1.165) is 26.3 Å². The number of nitrogens with zero attached hydrogens (tertiary/aromatic N) is 3. The zero-order valence-electron chi connectivity index (χ0n) is 8.37. The highest BCUT2D eigenvalue weighted by Crippen LogP contribution is 2.28. The first kappa shape index (κ1) is 11.9. The van der Waals surface area contributed by atoms with E-state index < -0.39 is 0 Å². The third-order valence-corrected chi connectivity index (χ3v) is 3.48. The van der Waals surface area contributed by atoms with Crippen molar-refractivity contribution in [3.8, 4) is 11.5 Å². The summed E-state index contributed by atoms with van der Waals surface area (Å²) in [7, 11) is 0. The molecule has 0 aromatic carbocycles. The van der Waals surface area contributed by atoms with Gasteiger partial charge >= 0.3 is 0 Å². The summed E-state index contributed by atoms with van der Waals surface area (Å²) in [4.78, 5) is 8.63. The molecule has 0 aliphatic carbocycles. The first-order valence-corrected chi connectivity index (χ1v) is 6.95. The van der Waals surface area contributed by atoms with Crippen LogP contribution < -0.4 is 5.32 Å². The van der Waals surface area contributed by atoms with Crippen LogP contribution in [0.3, 0.4) is 0 Å². The van der Waals surface area contributed by atoms with E-state index in [1.807, 2.05) is 13.0 Å². The Morgan fingerprint density at radius 1 is 1.44 bits per heavy atom. The Kier molecular flexibility index (Phi) is 3.88. The van der Waals surface area contributed by atoms with Gasteiger partial charge in [0.05, 0.1) is 0 Å². The third-order valence-electron chi connectivity index (χ3n) is 1.77.